The van der Waals surface area contributed by atoms with E-state index in [-0.39, 0.29) is 18.5 Å². The maximum absolute atomic E-state index is 11.5. The molecule has 5 nitrogen and oxygen atoms in total. The van der Waals surface area contributed by atoms with Gasteiger partial charge in [0.15, 0.2) is 0 Å². The van der Waals surface area contributed by atoms with E-state index in [1.54, 1.807) is 18.3 Å². The smallest absolute Gasteiger partial charge is 0.341 e. The van der Waals surface area contributed by atoms with Crippen molar-refractivity contribution in [1.29, 1.82) is 0 Å². The number of carbonyl (C=O) groups is 1. The molecule has 0 unspecified atom stereocenters. The topological polar surface area (TPSA) is 62.7 Å². The third-order valence-corrected chi connectivity index (χ3v) is 2.71. The van der Waals surface area contributed by atoms with Crippen molar-refractivity contribution >= 4 is 11.8 Å². The third kappa shape index (κ3) is 1.86. The highest BCUT2D eigenvalue weighted by Crippen LogP contribution is 2.25. The Balaban J connectivity index is 2.18. The lowest BCUT2D eigenvalue weighted by Crippen LogP contribution is -2.49. The molecule has 0 spiro atoms. The van der Waals surface area contributed by atoms with Crippen molar-refractivity contribution in [3.8, 4) is 0 Å². The Morgan fingerprint density at radius 1 is 1.69 bits per heavy atom. The normalized spacial score (nSPS) is 15.8. The van der Waals surface area contributed by atoms with Gasteiger partial charge in [0.05, 0.1) is 7.11 Å². The van der Waals surface area contributed by atoms with Gasteiger partial charge in [-0.25, -0.2) is 9.78 Å². The number of esters is 1. The predicted octanol–water partition coefficient (Wildman–Crippen LogP) is 0.297. The van der Waals surface area contributed by atoms with Crippen molar-refractivity contribution in [2.75, 3.05) is 31.7 Å². The molecule has 1 fully saturated rings. The molecule has 0 aromatic carbocycles. The summed E-state index contributed by atoms with van der Waals surface area (Å²) in [5.41, 5.74) is 0.474. The number of nitrogens with zero attached hydrogens (tertiary/aromatic N) is 2. The standard InChI is InChI=1S/C11H14N2O3/c1-16-11(15)9-3-2-4-12-10(9)13-5-8(6-13)7-14/h2-4,8,14H,5-7H2,1H3. The minimum Gasteiger partial charge on any atom is -0.465 e. The number of aromatic nitrogens is 1. The number of methoxy groups -OCH3 is 1. The summed E-state index contributed by atoms with van der Waals surface area (Å²) in [7, 11) is 1.35. The second kappa shape index (κ2) is 4.49. The molecule has 86 valence electrons. The lowest BCUT2D eigenvalue weighted by molar-refractivity contribution is 0.0600. The summed E-state index contributed by atoms with van der Waals surface area (Å²) >= 11 is 0. The maximum Gasteiger partial charge on any atom is 0.341 e. The Morgan fingerprint density at radius 3 is 3.06 bits per heavy atom. The molecule has 0 saturated carbocycles. The van der Waals surface area contributed by atoms with Crippen LogP contribution in [0.4, 0.5) is 5.82 Å². The van der Waals surface area contributed by atoms with Gasteiger partial charge in [-0.1, -0.05) is 0 Å². The molecule has 0 amide bonds. The first kappa shape index (κ1) is 10.9. The summed E-state index contributed by atoms with van der Waals surface area (Å²) in [6, 6.07) is 3.40. The van der Waals surface area contributed by atoms with Gasteiger partial charge in [-0.05, 0) is 12.1 Å². The highest BCUT2D eigenvalue weighted by molar-refractivity contribution is 5.94. The summed E-state index contributed by atoms with van der Waals surface area (Å²) < 4.78 is 4.69. The lowest BCUT2D eigenvalue weighted by Gasteiger charge is -2.39. The second-order valence-corrected chi connectivity index (χ2v) is 3.82. The number of aliphatic hydroxyl groups is 1. The summed E-state index contributed by atoms with van der Waals surface area (Å²) in [5.74, 6) is 0.544. The fourth-order valence-electron chi connectivity index (χ4n) is 1.78. The van der Waals surface area contributed by atoms with Crippen LogP contribution >= 0.6 is 0 Å². The summed E-state index contributed by atoms with van der Waals surface area (Å²) in [6.45, 7) is 1.64. The van der Waals surface area contributed by atoms with Gasteiger partial charge in [0.25, 0.3) is 0 Å². The van der Waals surface area contributed by atoms with E-state index in [9.17, 15) is 4.79 Å². The zero-order chi connectivity index (χ0) is 11.5. The Hall–Kier alpha value is -1.62. The number of aliphatic hydroxyl groups excluding tert-OH is 1. The van der Waals surface area contributed by atoms with Crippen LogP contribution in [-0.4, -0.2) is 42.9 Å². The molecule has 1 aliphatic heterocycles. The van der Waals surface area contributed by atoms with E-state index in [1.165, 1.54) is 7.11 Å². The Morgan fingerprint density at radius 2 is 2.44 bits per heavy atom. The van der Waals surface area contributed by atoms with Crippen LogP contribution in [0.1, 0.15) is 10.4 Å². The van der Waals surface area contributed by atoms with Crippen molar-refractivity contribution in [3.05, 3.63) is 23.9 Å². The van der Waals surface area contributed by atoms with Crippen LogP contribution in [0, 0.1) is 5.92 Å². The fraction of sp³-hybridized carbons (Fsp3) is 0.455. The van der Waals surface area contributed by atoms with Gasteiger partial charge in [-0.2, -0.15) is 0 Å². The molecule has 1 aliphatic rings. The first-order valence-corrected chi connectivity index (χ1v) is 5.15. The molecule has 5 heteroatoms. The molecule has 1 aromatic heterocycles. The van der Waals surface area contributed by atoms with Gasteiger partial charge in [0.1, 0.15) is 11.4 Å². The maximum atomic E-state index is 11.5. The van der Waals surface area contributed by atoms with Crippen LogP contribution in [-0.2, 0) is 4.74 Å². The number of rotatable bonds is 3. The molecule has 16 heavy (non-hydrogen) atoms. The van der Waals surface area contributed by atoms with Crippen molar-refractivity contribution in [2.24, 2.45) is 5.92 Å². The van der Waals surface area contributed by atoms with Crippen LogP contribution in [0.25, 0.3) is 0 Å². The van der Waals surface area contributed by atoms with E-state index < -0.39 is 0 Å². The SMILES string of the molecule is COC(=O)c1cccnc1N1CC(CO)C1. The molecular formula is C11H14N2O3. The van der Waals surface area contributed by atoms with E-state index in [2.05, 4.69) is 4.98 Å². The summed E-state index contributed by atoms with van der Waals surface area (Å²) in [6.07, 6.45) is 1.65. The minimum atomic E-state index is -0.379. The molecule has 1 N–H and O–H groups in total. The Labute approximate surface area is 93.7 Å². The van der Waals surface area contributed by atoms with Gasteiger partial charge < -0.3 is 14.7 Å². The zero-order valence-corrected chi connectivity index (χ0v) is 9.09. The average Bonchev–Trinajstić information content (AvgIpc) is 2.27. The predicted molar refractivity (Wildman–Crippen MR) is 58.4 cm³/mol. The molecule has 0 radical (unpaired) electrons. The first-order valence-electron chi connectivity index (χ1n) is 5.15. The van der Waals surface area contributed by atoms with E-state index in [4.69, 9.17) is 9.84 Å². The van der Waals surface area contributed by atoms with Gasteiger partial charge in [-0.3, -0.25) is 0 Å². The Kier molecular flexibility index (Phi) is 3.05. The van der Waals surface area contributed by atoms with Crippen molar-refractivity contribution in [2.45, 2.75) is 0 Å². The molecule has 0 bridgehead atoms. The molecule has 0 aliphatic carbocycles. The van der Waals surface area contributed by atoms with Gasteiger partial charge >= 0.3 is 5.97 Å². The highest BCUT2D eigenvalue weighted by Gasteiger charge is 2.29. The minimum absolute atomic E-state index is 0.177. The van der Waals surface area contributed by atoms with Gasteiger partial charge in [-0.15, -0.1) is 0 Å². The van der Waals surface area contributed by atoms with E-state index in [1.807, 2.05) is 4.90 Å². The van der Waals surface area contributed by atoms with Crippen LogP contribution < -0.4 is 4.90 Å². The van der Waals surface area contributed by atoms with Crippen LogP contribution in [0.5, 0.6) is 0 Å². The molecule has 0 atom stereocenters. The lowest BCUT2D eigenvalue weighted by atomic mass is 10.0. The molecular weight excluding hydrogens is 208 g/mol. The number of carbonyl (C=O) groups excluding carboxylic acids is 1. The van der Waals surface area contributed by atoms with Gasteiger partial charge in [0, 0.05) is 31.8 Å². The van der Waals surface area contributed by atoms with E-state index >= 15 is 0 Å². The number of hydrogen-bond acceptors (Lipinski definition) is 5. The highest BCUT2D eigenvalue weighted by atomic mass is 16.5. The van der Waals surface area contributed by atoms with Crippen LogP contribution in [0.2, 0.25) is 0 Å². The van der Waals surface area contributed by atoms with E-state index in [0.29, 0.717) is 11.4 Å². The second-order valence-electron chi connectivity index (χ2n) is 3.82. The first-order chi connectivity index (χ1) is 7.76. The summed E-state index contributed by atoms with van der Waals surface area (Å²) in [5, 5.41) is 8.94. The largest absolute Gasteiger partial charge is 0.465 e. The average molecular weight is 222 g/mol. The fourth-order valence-corrected chi connectivity index (χ4v) is 1.78. The van der Waals surface area contributed by atoms with Crippen molar-refractivity contribution in [3.63, 3.8) is 0 Å². The molecule has 2 heterocycles. The molecule has 1 aromatic rings. The van der Waals surface area contributed by atoms with Gasteiger partial charge in [0.2, 0.25) is 0 Å². The molecule has 1 saturated heterocycles. The summed E-state index contributed by atoms with van der Waals surface area (Å²) in [4.78, 5) is 17.6. The third-order valence-electron chi connectivity index (χ3n) is 2.71. The number of hydrogen-bond donors (Lipinski definition) is 1. The van der Waals surface area contributed by atoms with E-state index in [0.717, 1.165) is 13.1 Å². The Bertz CT molecular complexity index is 389. The van der Waals surface area contributed by atoms with Crippen molar-refractivity contribution < 1.29 is 14.6 Å². The quantitative estimate of drug-likeness (QED) is 0.745. The number of anilines is 1. The zero-order valence-electron chi connectivity index (χ0n) is 9.09. The van der Waals surface area contributed by atoms with Crippen LogP contribution in [0.15, 0.2) is 18.3 Å². The molecule has 2 rings (SSSR count). The van der Waals surface area contributed by atoms with Crippen molar-refractivity contribution in [1.82, 2.24) is 4.98 Å². The number of ether oxygens (including phenoxy) is 1. The van der Waals surface area contributed by atoms with Crippen LogP contribution in [0.3, 0.4) is 0 Å². The monoisotopic (exact) mass is 222 g/mol. The number of pyridine rings is 1.